The maximum Gasteiger partial charge on any atom is 0.237 e. The van der Waals surface area contributed by atoms with Crippen molar-refractivity contribution in [3.63, 3.8) is 0 Å². The third-order valence-electron chi connectivity index (χ3n) is 3.41. The van der Waals surface area contributed by atoms with Crippen LogP contribution in [0.4, 0.5) is 0 Å². The van der Waals surface area contributed by atoms with E-state index in [1.807, 2.05) is 4.90 Å². The molecule has 21 heavy (non-hydrogen) atoms. The van der Waals surface area contributed by atoms with Crippen LogP contribution in [-0.2, 0) is 9.53 Å². The summed E-state index contributed by atoms with van der Waals surface area (Å²) in [4.78, 5) is 13.4. The lowest BCUT2D eigenvalue weighted by atomic mass is 10.2. The Balaban J connectivity index is 1.73. The van der Waals surface area contributed by atoms with Crippen LogP contribution in [0.3, 0.4) is 0 Å². The first-order valence-corrected chi connectivity index (χ1v) is 6.95. The molecule has 1 unspecified atom stereocenters. The maximum atomic E-state index is 11.3. The molecule has 6 heteroatoms. The van der Waals surface area contributed by atoms with Crippen molar-refractivity contribution in [1.82, 2.24) is 4.90 Å². The van der Waals surface area contributed by atoms with E-state index in [2.05, 4.69) is 6.07 Å². The van der Waals surface area contributed by atoms with E-state index >= 15 is 0 Å². The zero-order valence-electron chi connectivity index (χ0n) is 11.8. The number of nitrogens with zero attached hydrogens (tertiary/aromatic N) is 2. The van der Waals surface area contributed by atoms with Crippen molar-refractivity contribution in [3.8, 4) is 11.8 Å². The molecule has 6 nitrogen and oxygen atoms in total. The van der Waals surface area contributed by atoms with Gasteiger partial charge in [0, 0.05) is 13.1 Å². The Hall–Kier alpha value is -2.10. The number of carbonyl (C=O) groups excluding carboxylic acids is 1. The van der Waals surface area contributed by atoms with E-state index in [-0.39, 0.29) is 11.9 Å². The quantitative estimate of drug-likeness (QED) is 0.771. The largest absolute Gasteiger partial charge is 0.494 e. The van der Waals surface area contributed by atoms with Crippen molar-refractivity contribution in [1.29, 1.82) is 5.26 Å². The Morgan fingerprint density at radius 1 is 1.48 bits per heavy atom. The van der Waals surface area contributed by atoms with Gasteiger partial charge in [0.25, 0.3) is 0 Å². The van der Waals surface area contributed by atoms with Gasteiger partial charge in [-0.25, -0.2) is 0 Å². The van der Waals surface area contributed by atoms with Gasteiger partial charge in [0.15, 0.2) is 0 Å². The minimum atomic E-state index is -0.345. The Morgan fingerprint density at radius 3 is 2.90 bits per heavy atom. The van der Waals surface area contributed by atoms with Gasteiger partial charge in [0.2, 0.25) is 5.91 Å². The van der Waals surface area contributed by atoms with Gasteiger partial charge in [-0.15, -0.1) is 0 Å². The lowest BCUT2D eigenvalue weighted by molar-refractivity contribution is -0.129. The summed E-state index contributed by atoms with van der Waals surface area (Å²) in [7, 11) is 0. The van der Waals surface area contributed by atoms with Gasteiger partial charge >= 0.3 is 0 Å². The highest BCUT2D eigenvalue weighted by Crippen LogP contribution is 2.12. The summed E-state index contributed by atoms with van der Waals surface area (Å²) in [5.41, 5.74) is 5.97. The molecule has 0 saturated carbocycles. The predicted octanol–water partition coefficient (Wildman–Crippen LogP) is 0.513. The van der Waals surface area contributed by atoms with Crippen molar-refractivity contribution < 1.29 is 14.3 Å². The second kappa shape index (κ2) is 7.62. The molecule has 2 rings (SSSR count). The standard InChI is InChI=1S/C15H19N3O3/c16-10-12-2-4-13(5-3-12)21-8-1-6-18-7-9-20-11-14(18)15(17)19/h2-5,14H,1,6-9,11H2,(H2,17,19). The first kappa shape index (κ1) is 15.3. The fourth-order valence-corrected chi connectivity index (χ4v) is 2.25. The number of carbonyl (C=O) groups is 1. The Labute approximate surface area is 124 Å². The highest BCUT2D eigenvalue weighted by atomic mass is 16.5. The second-order valence-corrected chi connectivity index (χ2v) is 4.87. The molecule has 0 aromatic heterocycles. The normalized spacial score (nSPS) is 18.9. The molecule has 1 saturated heterocycles. The van der Waals surface area contributed by atoms with Crippen LogP contribution < -0.4 is 10.5 Å². The molecule has 0 aliphatic carbocycles. The molecule has 2 N–H and O–H groups in total. The van der Waals surface area contributed by atoms with Crippen LogP contribution in [-0.4, -0.2) is 49.8 Å². The smallest absolute Gasteiger partial charge is 0.237 e. The van der Waals surface area contributed by atoms with Crippen LogP contribution in [0.25, 0.3) is 0 Å². The molecule has 0 spiro atoms. The number of morpholine rings is 1. The summed E-state index contributed by atoms with van der Waals surface area (Å²) in [5.74, 6) is 0.394. The van der Waals surface area contributed by atoms with Crippen molar-refractivity contribution >= 4 is 5.91 Å². The molecule has 1 aliphatic heterocycles. The SMILES string of the molecule is N#Cc1ccc(OCCCN2CCOCC2C(N)=O)cc1. The number of ether oxygens (including phenoxy) is 2. The van der Waals surface area contributed by atoms with E-state index in [1.165, 1.54) is 0 Å². The zero-order chi connectivity index (χ0) is 15.1. The van der Waals surface area contributed by atoms with Gasteiger partial charge in [0.1, 0.15) is 11.8 Å². The molecule has 112 valence electrons. The Morgan fingerprint density at radius 2 is 2.24 bits per heavy atom. The molecule has 1 atom stereocenters. The van der Waals surface area contributed by atoms with E-state index < -0.39 is 0 Å². The van der Waals surface area contributed by atoms with Gasteiger partial charge in [0.05, 0.1) is 31.5 Å². The van der Waals surface area contributed by atoms with Gasteiger partial charge < -0.3 is 15.2 Å². The van der Waals surface area contributed by atoms with Gasteiger partial charge in [-0.2, -0.15) is 5.26 Å². The minimum absolute atomic E-state index is 0.339. The second-order valence-electron chi connectivity index (χ2n) is 4.87. The Kier molecular flexibility index (Phi) is 5.55. The third-order valence-corrected chi connectivity index (χ3v) is 3.41. The number of nitrogens with two attached hydrogens (primary N) is 1. The molecule has 1 amide bonds. The topological polar surface area (TPSA) is 88.6 Å². The van der Waals surface area contributed by atoms with Crippen LogP contribution in [0.15, 0.2) is 24.3 Å². The van der Waals surface area contributed by atoms with Gasteiger partial charge in [-0.05, 0) is 30.7 Å². The van der Waals surface area contributed by atoms with E-state index in [4.69, 9.17) is 20.5 Å². The number of primary amides is 1. The highest BCUT2D eigenvalue weighted by molar-refractivity contribution is 5.80. The highest BCUT2D eigenvalue weighted by Gasteiger charge is 2.26. The minimum Gasteiger partial charge on any atom is -0.494 e. The number of nitriles is 1. The summed E-state index contributed by atoms with van der Waals surface area (Å²) < 4.78 is 10.9. The fourth-order valence-electron chi connectivity index (χ4n) is 2.25. The average Bonchev–Trinajstić information content (AvgIpc) is 2.52. The molecular formula is C15H19N3O3. The lowest BCUT2D eigenvalue weighted by Crippen LogP contribution is -2.52. The average molecular weight is 289 g/mol. The molecule has 1 fully saturated rings. The summed E-state index contributed by atoms with van der Waals surface area (Å²) in [5, 5.41) is 8.71. The van der Waals surface area contributed by atoms with Gasteiger partial charge in [-0.1, -0.05) is 0 Å². The van der Waals surface area contributed by atoms with Crippen LogP contribution in [0, 0.1) is 11.3 Å². The van der Waals surface area contributed by atoms with E-state index in [1.54, 1.807) is 24.3 Å². The van der Waals surface area contributed by atoms with Crippen molar-refractivity contribution in [2.75, 3.05) is 32.9 Å². The fraction of sp³-hybridized carbons (Fsp3) is 0.467. The number of hydrogen-bond acceptors (Lipinski definition) is 5. The first-order valence-electron chi connectivity index (χ1n) is 6.95. The number of amides is 1. The Bertz CT molecular complexity index is 510. The lowest BCUT2D eigenvalue weighted by Gasteiger charge is -2.33. The molecule has 0 radical (unpaired) electrons. The van der Waals surface area contributed by atoms with E-state index in [0.29, 0.717) is 31.9 Å². The van der Waals surface area contributed by atoms with Gasteiger partial charge in [-0.3, -0.25) is 9.69 Å². The zero-order valence-corrected chi connectivity index (χ0v) is 11.8. The van der Waals surface area contributed by atoms with Crippen molar-refractivity contribution in [2.24, 2.45) is 5.73 Å². The molecular weight excluding hydrogens is 270 g/mol. The van der Waals surface area contributed by atoms with Crippen LogP contribution in [0.2, 0.25) is 0 Å². The monoisotopic (exact) mass is 289 g/mol. The molecule has 1 aromatic carbocycles. The molecule has 0 bridgehead atoms. The molecule has 1 heterocycles. The predicted molar refractivity (Wildman–Crippen MR) is 76.6 cm³/mol. The molecule has 1 aromatic rings. The van der Waals surface area contributed by atoms with E-state index in [0.717, 1.165) is 18.7 Å². The van der Waals surface area contributed by atoms with Crippen molar-refractivity contribution in [3.05, 3.63) is 29.8 Å². The van der Waals surface area contributed by atoms with Crippen molar-refractivity contribution in [2.45, 2.75) is 12.5 Å². The number of benzene rings is 1. The summed E-state index contributed by atoms with van der Waals surface area (Å²) in [6, 6.07) is 8.72. The van der Waals surface area contributed by atoms with Crippen LogP contribution in [0.5, 0.6) is 5.75 Å². The number of hydrogen-bond donors (Lipinski definition) is 1. The third kappa shape index (κ3) is 4.45. The van der Waals surface area contributed by atoms with E-state index in [9.17, 15) is 4.79 Å². The summed E-state index contributed by atoms with van der Waals surface area (Å²) in [6.45, 7) is 3.00. The van der Waals surface area contributed by atoms with Crippen LogP contribution >= 0.6 is 0 Å². The molecule has 1 aliphatic rings. The summed E-state index contributed by atoms with van der Waals surface area (Å²) >= 11 is 0. The maximum absolute atomic E-state index is 11.3. The summed E-state index contributed by atoms with van der Waals surface area (Å²) in [6.07, 6.45) is 0.795. The first-order chi connectivity index (χ1) is 10.2. The van der Waals surface area contributed by atoms with Crippen LogP contribution in [0.1, 0.15) is 12.0 Å². The number of rotatable bonds is 6.